The van der Waals surface area contributed by atoms with Crippen molar-refractivity contribution < 1.29 is 14.3 Å². The lowest BCUT2D eigenvalue weighted by molar-refractivity contribution is -0.139. The van der Waals surface area contributed by atoms with Crippen molar-refractivity contribution in [3.63, 3.8) is 0 Å². The minimum Gasteiger partial charge on any atom is -0.469 e. The molecule has 1 aliphatic rings. The van der Waals surface area contributed by atoms with Gasteiger partial charge < -0.3 is 19.9 Å². The summed E-state index contributed by atoms with van der Waals surface area (Å²) in [7, 11) is 1.39. The van der Waals surface area contributed by atoms with Gasteiger partial charge in [-0.25, -0.2) is 0 Å². The van der Waals surface area contributed by atoms with E-state index in [1.807, 2.05) is 24.4 Å². The number of amides is 1. The van der Waals surface area contributed by atoms with Gasteiger partial charge in [-0.15, -0.1) is 0 Å². The third-order valence-corrected chi connectivity index (χ3v) is 6.81. The smallest absolute Gasteiger partial charge is 0.310 e. The van der Waals surface area contributed by atoms with Crippen molar-refractivity contribution in [1.29, 1.82) is 0 Å². The number of hydrogen-bond donors (Lipinski definition) is 2. The second kappa shape index (κ2) is 11.4. The maximum atomic E-state index is 13.2. The summed E-state index contributed by atoms with van der Waals surface area (Å²) < 4.78 is 4.82. The van der Waals surface area contributed by atoms with Crippen LogP contribution in [-0.2, 0) is 27.2 Å². The van der Waals surface area contributed by atoms with Gasteiger partial charge >= 0.3 is 5.97 Å². The van der Waals surface area contributed by atoms with E-state index < -0.39 is 0 Å². The van der Waals surface area contributed by atoms with Crippen LogP contribution in [0.1, 0.15) is 62.3 Å². The SMILES string of the molecule is COC(=O)Cc1c[nH]c2ccc(CC(=O)NC(CC(C)C)c3ccccc3N3CCCCC3)cc12. The Morgan fingerprint density at radius 3 is 2.57 bits per heavy atom. The molecule has 0 radical (unpaired) electrons. The normalized spacial score (nSPS) is 14.8. The summed E-state index contributed by atoms with van der Waals surface area (Å²) in [6.07, 6.45) is 6.94. The zero-order chi connectivity index (χ0) is 24.8. The van der Waals surface area contributed by atoms with Gasteiger partial charge in [0.05, 0.1) is 26.0 Å². The number of anilines is 1. The maximum absolute atomic E-state index is 13.2. The van der Waals surface area contributed by atoms with Crippen LogP contribution in [0.3, 0.4) is 0 Å². The van der Waals surface area contributed by atoms with Gasteiger partial charge in [-0.05, 0) is 66.5 Å². The van der Waals surface area contributed by atoms with Gasteiger partial charge in [0.1, 0.15) is 0 Å². The summed E-state index contributed by atoms with van der Waals surface area (Å²) in [5.41, 5.74) is 5.20. The van der Waals surface area contributed by atoms with E-state index >= 15 is 0 Å². The molecule has 2 aromatic carbocycles. The van der Waals surface area contributed by atoms with Crippen LogP contribution in [0.25, 0.3) is 10.9 Å². The lowest BCUT2D eigenvalue weighted by atomic mass is 9.94. The minimum atomic E-state index is -0.280. The van der Waals surface area contributed by atoms with Gasteiger partial charge in [0.25, 0.3) is 0 Å². The molecule has 1 saturated heterocycles. The third-order valence-electron chi connectivity index (χ3n) is 6.81. The van der Waals surface area contributed by atoms with Crippen LogP contribution >= 0.6 is 0 Å². The quantitative estimate of drug-likeness (QED) is 0.411. The molecule has 1 fully saturated rings. The molecule has 1 amide bonds. The Kier molecular flexibility index (Phi) is 8.11. The van der Waals surface area contributed by atoms with Crippen molar-refractivity contribution in [1.82, 2.24) is 10.3 Å². The van der Waals surface area contributed by atoms with Crippen molar-refractivity contribution in [2.45, 2.75) is 58.4 Å². The third kappa shape index (κ3) is 6.24. The Balaban J connectivity index is 1.52. The summed E-state index contributed by atoms with van der Waals surface area (Å²) in [5.74, 6) is 0.179. The van der Waals surface area contributed by atoms with E-state index in [-0.39, 0.29) is 24.3 Å². The highest BCUT2D eigenvalue weighted by Gasteiger charge is 2.23. The molecular weight excluding hydrogens is 438 g/mol. The summed E-state index contributed by atoms with van der Waals surface area (Å²) in [6, 6.07) is 14.4. The average molecular weight is 476 g/mol. The Morgan fingerprint density at radius 2 is 1.83 bits per heavy atom. The molecule has 0 bridgehead atoms. The highest BCUT2D eigenvalue weighted by molar-refractivity contribution is 5.89. The van der Waals surface area contributed by atoms with E-state index in [9.17, 15) is 9.59 Å². The van der Waals surface area contributed by atoms with E-state index in [2.05, 4.69) is 53.3 Å². The topological polar surface area (TPSA) is 74.4 Å². The molecule has 6 nitrogen and oxygen atoms in total. The van der Waals surface area contributed by atoms with Gasteiger partial charge in [0.15, 0.2) is 0 Å². The fraction of sp³-hybridized carbons (Fsp3) is 0.448. The van der Waals surface area contributed by atoms with Crippen molar-refractivity contribution >= 4 is 28.5 Å². The number of aromatic amines is 1. The Hall–Kier alpha value is -3.28. The number of carbonyl (C=O) groups excluding carboxylic acids is 2. The summed E-state index contributed by atoms with van der Waals surface area (Å²) >= 11 is 0. The molecule has 0 spiro atoms. The van der Waals surface area contributed by atoms with Crippen LogP contribution < -0.4 is 10.2 Å². The van der Waals surface area contributed by atoms with Crippen LogP contribution in [0.15, 0.2) is 48.7 Å². The molecule has 1 aliphatic heterocycles. The first-order valence-electron chi connectivity index (χ1n) is 12.7. The average Bonchev–Trinajstić information content (AvgIpc) is 3.25. The minimum absolute atomic E-state index is 0.00787. The van der Waals surface area contributed by atoms with Gasteiger partial charge in [0, 0.05) is 35.9 Å². The second-order valence-corrected chi connectivity index (χ2v) is 9.98. The lowest BCUT2D eigenvalue weighted by Gasteiger charge is -2.33. The molecule has 186 valence electrons. The van der Waals surface area contributed by atoms with Gasteiger partial charge in [-0.2, -0.15) is 0 Å². The van der Waals surface area contributed by atoms with Crippen LogP contribution in [0.4, 0.5) is 5.69 Å². The van der Waals surface area contributed by atoms with Gasteiger partial charge in [-0.3, -0.25) is 9.59 Å². The first-order valence-corrected chi connectivity index (χ1v) is 12.7. The number of benzene rings is 2. The van der Waals surface area contributed by atoms with E-state index in [0.717, 1.165) is 41.5 Å². The number of aromatic nitrogens is 1. The number of hydrogen-bond acceptors (Lipinski definition) is 4. The Labute approximate surface area is 208 Å². The number of esters is 1. The Bertz CT molecular complexity index is 1160. The van der Waals surface area contributed by atoms with Gasteiger partial charge in [-0.1, -0.05) is 38.1 Å². The molecular formula is C29H37N3O3. The first kappa shape index (κ1) is 24.8. The van der Waals surface area contributed by atoms with Crippen molar-refractivity contribution in [3.8, 4) is 0 Å². The zero-order valence-corrected chi connectivity index (χ0v) is 21.1. The zero-order valence-electron chi connectivity index (χ0n) is 21.1. The molecule has 0 aliphatic carbocycles. The molecule has 2 heterocycles. The predicted molar refractivity (Wildman–Crippen MR) is 141 cm³/mol. The van der Waals surface area contributed by atoms with Crippen LogP contribution in [0.5, 0.6) is 0 Å². The predicted octanol–water partition coefficient (Wildman–Crippen LogP) is 5.32. The molecule has 2 N–H and O–H groups in total. The number of piperidine rings is 1. The number of fused-ring (bicyclic) bond motifs is 1. The van der Waals surface area contributed by atoms with Gasteiger partial charge in [0.2, 0.25) is 5.91 Å². The molecule has 0 saturated carbocycles. The van der Waals surface area contributed by atoms with E-state index in [1.165, 1.54) is 37.6 Å². The number of ether oxygens (including phenoxy) is 1. The fourth-order valence-electron chi connectivity index (χ4n) is 5.08. The largest absolute Gasteiger partial charge is 0.469 e. The second-order valence-electron chi connectivity index (χ2n) is 9.98. The van der Waals surface area contributed by atoms with E-state index in [0.29, 0.717) is 12.3 Å². The standard InChI is InChI=1S/C29H37N3O3/c1-20(2)15-26(23-9-5-6-10-27(23)32-13-7-4-8-14-32)31-28(33)17-21-11-12-25-24(16-21)22(19-30-25)18-29(34)35-3/h5-6,9-12,16,19-20,26,30H,4,7-8,13-15,17-18H2,1-3H3,(H,31,33). The lowest BCUT2D eigenvalue weighted by Crippen LogP contribution is -2.34. The first-order chi connectivity index (χ1) is 16.9. The van der Waals surface area contributed by atoms with E-state index in [1.54, 1.807) is 0 Å². The fourth-order valence-corrected chi connectivity index (χ4v) is 5.08. The number of nitrogens with zero attached hydrogens (tertiary/aromatic N) is 1. The number of carbonyl (C=O) groups is 2. The summed E-state index contributed by atoms with van der Waals surface area (Å²) in [5, 5.41) is 4.30. The number of nitrogens with one attached hydrogen (secondary N) is 2. The molecule has 1 unspecified atom stereocenters. The number of methoxy groups -OCH3 is 1. The highest BCUT2D eigenvalue weighted by Crippen LogP contribution is 2.32. The monoisotopic (exact) mass is 475 g/mol. The van der Waals surface area contributed by atoms with Crippen molar-refractivity contribution in [3.05, 3.63) is 65.4 Å². The molecule has 1 aromatic heterocycles. The highest BCUT2D eigenvalue weighted by atomic mass is 16.5. The summed E-state index contributed by atoms with van der Waals surface area (Å²) in [6.45, 7) is 6.55. The van der Waals surface area contributed by atoms with E-state index in [4.69, 9.17) is 4.74 Å². The summed E-state index contributed by atoms with van der Waals surface area (Å²) in [4.78, 5) is 30.7. The van der Waals surface area contributed by atoms with Crippen molar-refractivity contribution in [2.24, 2.45) is 5.92 Å². The number of para-hydroxylation sites is 1. The van der Waals surface area contributed by atoms with Crippen LogP contribution in [0, 0.1) is 5.92 Å². The van der Waals surface area contributed by atoms with Crippen molar-refractivity contribution in [2.75, 3.05) is 25.1 Å². The number of rotatable bonds is 9. The number of H-pyrrole nitrogens is 1. The molecule has 35 heavy (non-hydrogen) atoms. The molecule has 4 rings (SSSR count). The van der Waals surface area contributed by atoms with Crippen LogP contribution in [0.2, 0.25) is 0 Å². The van der Waals surface area contributed by atoms with Crippen LogP contribution in [-0.4, -0.2) is 37.1 Å². The maximum Gasteiger partial charge on any atom is 0.310 e. The molecule has 3 aromatic rings. The molecule has 1 atom stereocenters. The molecule has 6 heteroatoms. The Morgan fingerprint density at radius 1 is 1.06 bits per heavy atom.